The molecule has 2 heterocycles. The van der Waals surface area contributed by atoms with Crippen LogP contribution in [0.5, 0.6) is 0 Å². The van der Waals surface area contributed by atoms with Crippen molar-refractivity contribution in [2.45, 2.75) is 44.9 Å². The van der Waals surface area contributed by atoms with Crippen LogP contribution in [0.2, 0.25) is 0 Å². The summed E-state index contributed by atoms with van der Waals surface area (Å²) in [4.78, 5) is 4.94. The highest BCUT2D eigenvalue weighted by Gasteiger charge is 2.33. The van der Waals surface area contributed by atoms with E-state index in [0.29, 0.717) is 0 Å². The quantitative estimate of drug-likeness (QED) is 0.219. The lowest BCUT2D eigenvalue weighted by molar-refractivity contribution is 0.325. The topological polar surface area (TPSA) is 12.9 Å². The number of rotatable bonds is 5. The molecule has 0 saturated heterocycles. The van der Waals surface area contributed by atoms with Gasteiger partial charge in [0.15, 0.2) is 0 Å². The lowest BCUT2D eigenvalue weighted by Gasteiger charge is -2.32. The number of benzene rings is 4. The number of aromatic nitrogens is 1. The van der Waals surface area contributed by atoms with E-state index in [2.05, 4.69) is 117 Å². The Kier molecular flexibility index (Phi) is 6.09. The van der Waals surface area contributed by atoms with Gasteiger partial charge in [0, 0.05) is 31.9 Å². The lowest BCUT2D eigenvalue weighted by atomic mass is 9.72. The molecule has 0 bridgehead atoms. The zero-order valence-corrected chi connectivity index (χ0v) is 23.5. The van der Waals surface area contributed by atoms with Crippen molar-refractivity contribution in [1.82, 2.24) is 4.98 Å². The minimum absolute atomic E-state index is 0.155. The first-order valence-electron chi connectivity index (χ1n) is 14.2. The van der Waals surface area contributed by atoms with Gasteiger partial charge in [-0.15, -0.1) is 11.3 Å². The molecule has 2 heteroatoms. The second-order valence-electron chi connectivity index (χ2n) is 11.5. The summed E-state index contributed by atoms with van der Waals surface area (Å²) in [6.45, 7) is 4.86. The second-order valence-corrected chi connectivity index (χ2v) is 12.6. The molecule has 0 N–H and O–H groups in total. The molecule has 0 spiro atoms. The van der Waals surface area contributed by atoms with Gasteiger partial charge in [0.2, 0.25) is 0 Å². The standard InChI is InChI=1S/C37H33NS/c1-37(2,28-15-9-10-16-28)29-21-22-38-33(24-29)31-20-19-30(26-13-7-4-8-14-26)35-32-18-17-27(23-34(32)39-36(31)35)25-11-5-3-6-12-25/h3-8,11-14,17-24,28H,9-10,15-16H2,1-2H3. The zero-order valence-electron chi connectivity index (χ0n) is 22.7. The maximum absolute atomic E-state index is 4.94. The molecule has 0 amide bonds. The van der Waals surface area contributed by atoms with Crippen molar-refractivity contribution in [2.75, 3.05) is 0 Å². The van der Waals surface area contributed by atoms with Crippen molar-refractivity contribution in [3.63, 3.8) is 0 Å². The number of hydrogen-bond acceptors (Lipinski definition) is 2. The number of pyridine rings is 1. The van der Waals surface area contributed by atoms with E-state index in [-0.39, 0.29) is 5.41 Å². The molecule has 1 saturated carbocycles. The fraction of sp³-hybridized carbons (Fsp3) is 0.216. The fourth-order valence-corrected chi connectivity index (χ4v) is 7.90. The third kappa shape index (κ3) is 4.28. The summed E-state index contributed by atoms with van der Waals surface area (Å²) in [7, 11) is 0. The summed E-state index contributed by atoms with van der Waals surface area (Å²) in [6.07, 6.45) is 7.42. The largest absolute Gasteiger partial charge is 0.256 e. The van der Waals surface area contributed by atoms with Gasteiger partial charge in [-0.3, -0.25) is 4.98 Å². The van der Waals surface area contributed by atoms with Crippen LogP contribution in [0.1, 0.15) is 45.1 Å². The maximum Gasteiger partial charge on any atom is 0.0719 e. The van der Waals surface area contributed by atoms with Crippen LogP contribution in [-0.4, -0.2) is 4.98 Å². The van der Waals surface area contributed by atoms with Crippen molar-refractivity contribution in [1.29, 1.82) is 0 Å². The monoisotopic (exact) mass is 523 g/mol. The van der Waals surface area contributed by atoms with Crippen molar-refractivity contribution in [2.24, 2.45) is 5.92 Å². The normalized spacial score (nSPS) is 14.4. The summed E-state index contributed by atoms with van der Waals surface area (Å²) in [5.74, 6) is 0.744. The van der Waals surface area contributed by atoms with Gasteiger partial charge in [-0.25, -0.2) is 0 Å². The molecule has 1 aliphatic rings. The van der Waals surface area contributed by atoms with Gasteiger partial charge < -0.3 is 0 Å². The Balaban J connectivity index is 1.44. The number of thiophene rings is 1. The van der Waals surface area contributed by atoms with Crippen LogP contribution in [0.3, 0.4) is 0 Å². The molecule has 0 radical (unpaired) electrons. The van der Waals surface area contributed by atoms with E-state index in [1.165, 1.54) is 79.2 Å². The van der Waals surface area contributed by atoms with Crippen molar-refractivity contribution < 1.29 is 0 Å². The van der Waals surface area contributed by atoms with Crippen LogP contribution in [-0.2, 0) is 5.41 Å². The molecule has 0 atom stereocenters. The third-order valence-electron chi connectivity index (χ3n) is 8.97. The average molecular weight is 524 g/mol. The van der Waals surface area contributed by atoms with E-state index < -0.39 is 0 Å². The first-order chi connectivity index (χ1) is 19.1. The summed E-state index contributed by atoms with van der Waals surface area (Å²) in [5, 5.41) is 2.65. The third-order valence-corrected chi connectivity index (χ3v) is 10.2. The van der Waals surface area contributed by atoms with Crippen molar-refractivity contribution >= 4 is 31.5 Å². The summed E-state index contributed by atoms with van der Waals surface area (Å²) in [5.41, 5.74) is 8.93. The van der Waals surface area contributed by atoms with E-state index >= 15 is 0 Å². The maximum atomic E-state index is 4.94. The summed E-state index contributed by atoms with van der Waals surface area (Å²) < 4.78 is 2.64. The first-order valence-corrected chi connectivity index (χ1v) is 15.0. The molecule has 0 unspecified atom stereocenters. The van der Waals surface area contributed by atoms with Gasteiger partial charge in [0.05, 0.1) is 5.69 Å². The Hall–Kier alpha value is -3.75. The van der Waals surface area contributed by atoms with E-state index in [1.807, 2.05) is 17.5 Å². The van der Waals surface area contributed by atoms with Crippen LogP contribution in [0, 0.1) is 5.92 Å². The van der Waals surface area contributed by atoms with Crippen molar-refractivity contribution in [3.8, 4) is 33.5 Å². The molecular weight excluding hydrogens is 490 g/mol. The summed E-state index contributed by atoms with van der Waals surface area (Å²) in [6, 6.07) is 37.7. The van der Waals surface area contributed by atoms with Gasteiger partial charge in [0.1, 0.15) is 0 Å². The highest BCUT2D eigenvalue weighted by Crippen LogP contribution is 2.47. The molecule has 4 aromatic carbocycles. The lowest BCUT2D eigenvalue weighted by Crippen LogP contribution is -2.26. The highest BCUT2D eigenvalue weighted by molar-refractivity contribution is 7.26. The van der Waals surface area contributed by atoms with Gasteiger partial charge >= 0.3 is 0 Å². The van der Waals surface area contributed by atoms with Crippen LogP contribution < -0.4 is 0 Å². The SMILES string of the molecule is CC(C)(c1ccnc(-c2ccc(-c3ccccc3)c3c2sc2cc(-c4ccccc4)ccc23)c1)C1CCCC1. The Morgan fingerprint density at radius 3 is 2.13 bits per heavy atom. The molecule has 39 heavy (non-hydrogen) atoms. The van der Waals surface area contributed by atoms with Crippen LogP contribution in [0.25, 0.3) is 53.7 Å². The number of fused-ring (bicyclic) bond motifs is 3. The molecule has 1 aliphatic carbocycles. The molecule has 2 aromatic heterocycles. The fourth-order valence-electron chi connectivity index (χ4n) is 6.61. The highest BCUT2D eigenvalue weighted by atomic mass is 32.1. The predicted molar refractivity (Wildman–Crippen MR) is 168 cm³/mol. The average Bonchev–Trinajstić information content (AvgIpc) is 3.67. The van der Waals surface area contributed by atoms with Crippen LogP contribution in [0.15, 0.2) is 109 Å². The minimum Gasteiger partial charge on any atom is -0.256 e. The Morgan fingerprint density at radius 2 is 1.38 bits per heavy atom. The van der Waals surface area contributed by atoms with E-state index in [4.69, 9.17) is 4.98 Å². The van der Waals surface area contributed by atoms with Crippen LogP contribution >= 0.6 is 11.3 Å². The Morgan fingerprint density at radius 1 is 0.692 bits per heavy atom. The predicted octanol–water partition coefficient (Wildman–Crippen LogP) is 10.9. The number of nitrogens with zero attached hydrogens (tertiary/aromatic N) is 1. The molecule has 192 valence electrons. The van der Waals surface area contributed by atoms with E-state index in [9.17, 15) is 0 Å². The molecule has 6 aromatic rings. The molecular formula is C37H33NS. The Labute approximate surface area is 235 Å². The second kappa shape index (κ2) is 9.77. The van der Waals surface area contributed by atoms with Gasteiger partial charge in [-0.05, 0) is 70.2 Å². The molecule has 0 aliphatic heterocycles. The number of hydrogen-bond donors (Lipinski definition) is 0. The summed E-state index contributed by atoms with van der Waals surface area (Å²) >= 11 is 1.90. The zero-order chi connectivity index (χ0) is 26.4. The van der Waals surface area contributed by atoms with Gasteiger partial charge in [0.25, 0.3) is 0 Å². The van der Waals surface area contributed by atoms with Crippen molar-refractivity contribution in [3.05, 3.63) is 115 Å². The minimum atomic E-state index is 0.155. The Bertz CT molecular complexity index is 1770. The van der Waals surface area contributed by atoms with E-state index in [0.717, 1.165) is 11.6 Å². The molecule has 7 rings (SSSR count). The molecule has 1 nitrogen and oxygen atoms in total. The van der Waals surface area contributed by atoms with Gasteiger partial charge in [-0.1, -0.05) is 112 Å². The first kappa shape index (κ1) is 24.3. The molecule has 1 fully saturated rings. The van der Waals surface area contributed by atoms with Crippen LogP contribution in [0.4, 0.5) is 0 Å². The smallest absolute Gasteiger partial charge is 0.0719 e. The van der Waals surface area contributed by atoms with Gasteiger partial charge in [-0.2, -0.15) is 0 Å². The van der Waals surface area contributed by atoms with E-state index in [1.54, 1.807) is 0 Å².